The third-order valence-electron chi connectivity index (χ3n) is 1.82. The van der Waals surface area contributed by atoms with Crippen LogP contribution in [0.5, 0.6) is 0 Å². The number of likely N-dealkylation sites (N-methyl/N-ethyl adjacent to an activating group) is 1. The summed E-state index contributed by atoms with van der Waals surface area (Å²) in [5.74, 6) is -0.228. The molecule has 0 spiro atoms. The average molecular weight is 205 g/mol. The molecule has 0 aliphatic rings. The van der Waals surface area contributed by atoms with Gasteiger partial charge in [-0.15, -0.1) is 0 Å². The first-order valence-electron chi connectivity index (χ1n) is 4.27. The molecule has 0 bridgehead atoms. The molecule has 0 saturated heterocycles. The van der Waals surface area contributed by atoms with Gasteiger partial charge in [0.15, 0.2) is 0 Å². The summed E-state index contributed by atoms with van der Waals surface area (Å²) in [5.41, 5.74) is -0.821. The first-order valence-corrected chi connectivity index (χ1v) is 5.26. The number of nitrogens with one attached hydrogen (secondary N) is 1. The fourth-order valence-corrected chi connectivity index (χ4v) is 1.59. The van der Waals surface area contributed by atoms with Gasteiger partial charge >= 0.3 is 5.97 Å². The number of carboxylic acids is 1. The summed E-state index contributed by atoms with van der Waals surface area (Å²) in [6.07, 6.45) is 0. The van der Waals surface area contributed by atoms with Crippen molar-refractivity contribution < 1.29 is 9.90 Å². The predicted octanol–water partition coefficient (Wildman–Crippen LogP) is 1.58. The molecule has 78 valence electrons. The Labute approximate surface area is 84.3 Å². The summed E-state index contributed by atoms with van der Waals surface area (Å²) in [6, 6.07) is 0. The number of hydrogen-bond donors (Lipinski definition) is 2. The van der Waals surface area contributed by atoms with Crippen LogP contribution in [0, 0.1) is 0 Å². The van der Waals surface area contributed by atoms with Gasteiger partial charge < -0.3 is 10.4 Å². The van der Waals surface area contributed by atoms with Crippen molar-refractivity contribution in [2.75, 3.05) is 12.8 Å². The summed E-state index contributed by atoms with van der Waals surface area (Å²) in [6.45, 7) is 7.94. The maximum Gasteiger partial charge on any atom is 0.324 e. The van der Waals surface area contributed by atoms with Gasteiger partial charge in [0.2, 0.25) is 0 Å². The van der Waals surface area contributed by atoms with E-state index in [2.05, 4.69) is 26.1 Å². The minimum atomic E-state index is -0.821. The van der Waals surface area contributed by atoms with Gasteiger partial charge in [0, 0.05) is 10.5 Å². The highest BCUT2D eigenvalue weighted by Crippen LogP contribution is 2.26. The van der Waals surface area contributed by atoms with E-state index >= 15 is 0 Å². The lowest BCUT2D eigenvalue weighted by Gasteiger charge is -2.27. The van der Waals surface area contributed by atoms with E-state index in [1.807, 2.05) is 0 Å². The molecule has 0 rings (SSSR count). The summed E-state index contributed by atoms with van der Waals surface area (Å²) in [5, 5.41) is 11.8. The monoisotopic (exact) mass is 205 g/mol. The molecule has 13 heavy (non-hydrogen) atoms. The summed E-state index contributed by atoms with van der Waals surface area (Å²) in [4.78, 5) is 10.9. The normalized spacial score (nSPS) is 16.7. The third kappa shape index (κ3) is 4.52. The summed E-state index contributed by atoms with van der Waals surface area (Å²) in [7, 11) is 1.68. The first kappa shape index (κ1) is 12.8. The molecule has 1 unspecified atom stereocenters. The molecule has 0 heterocycles. The highest BCUT2D eigenvalue weighted by Gasteiger charge is 2.32. The van der Waals surface area contributed by atoms with Crippen molar-refractivity contribution in [2.45, 2.75) is 38.0 Å². The molecule has 2 N–H and O–H groups in total. The van der Waals surface area contributed by atoms with Crippen LogP contribution in [-0.4, -0.2) is 34.2 Å². The third-order valence-corrected chi connectivity index (χ3v) is 3.41. The largest absolute Gasteiger partial charge is 0.480 e. The van der Waals surface area contributed by atoms with Gasteiger partial charge in [-0.25, -0.2) is 0 Å². The van der Waals surface area contributed by atoms with Crippen molar-refractivity contribution in [1.29, 1.82) is 0 Å². The molecular weight excluding hydrogens is 186 g/mol. The van der Waals surface area contributed by atoms with Crippen LogP contribution in [0.25, 0.3) is 0 Å². The number of hydrogen-bond acceptors (Lipinski definition) is 3. The number of carbonyl (C=O) groups is 1. The second kappa shape index (κ2) is 4.33. The van der Waals surface area contributed by atoms with E-state index < -0.39 is 11.5 Å². The van der Waals surface area contributed by atoms with Crippen molar-refractivity contribution in [2.24, 2.45) is 0 Å². The lowest BCUT2D eigenvalue weighted by atomic mass is 10.1. The Kier molecular flexibility index (Phi) is 4.26. The fraction of sp³-hybridized carbons (Fsp3) is 0.889. The van der Waals surface area contributed by atoms with Gasteiger partial charge in [-0.05, 0) is 14.0 Å². The van der Waals surface area contributed by atoms with Gasteiger partial charge in [-0.1, -0.05) is 20.8 Å². The van der Waals surface area contributed by atoms with Crippen LogP contribution < -0.4 is 5.32 Å². The highest BCUT2D eigenvalue weighted by molar-refractivity contribution is 8.00. The van der Waals surface area contributed by atoms with E-state index in [0.717, 1.165) is 0 Å². The zero-order valence-electron chi connectivity index (χ0n) is 8.97. The molecule has 0 aromatic heterocycles. The van der Waals surface area contributed by atoms with Crippen molar-refractivity contribution in [3.05, 3.63) is 0 Å². The second-order valence-electron chi connectivity index (χ2n) is 4.29. The quantitative estimate of drug-likeness (QED) is 0.731. The Hall–Kier alpha value is -0.220. The van der Waals surface area contributed by atoms with Gasteiger partial charge in [0.25, 0.3) is 0 Å². The Morgan fingerprint density at radius 1 is 1.38 bits per heavy atom. The van der Waals surface area contributed by atoms with Gasteiger partial charge in [0.05, 0.1) is 0 Å². The molecule has 0 aromatic rings. The van der Waals surface area contributed by atoms with Crippen LogP contribution in [0.15, 0.2) is 0 Å². The zero-order chi connectivity index (χ0) is 10.7. The number of thioether (sulfide) groups is 1. The standard InChI is InChI=1S/C9H19NO2S/c1-8(2,3)13-6-9(4,10-5)7(11)12/h10H,6H2,1-5H3,(H,11,12). The van der Waals surface area contributed by atoms with E-state index in [1.54, 1.807) is 25.7 Å². The molecule has 0 aliphatic heterocycles. The average Bonchev–Trinajstić information content (AvgIpc) is 1.98. The number of rotatable bonds is 4. The SMILES string of the molecule is CNC(C)(CSC(C)(C)C)C(=O)O. The molecule has 0 aliphatic carbocycles. The predicted molar refractivity (Wildman–Crippen MR) is 57.3 cm³/mol. The molecular formula is C9H19NO2S. The van der Waals surface area contributed by atoms with Crippen LogP contribution in [0.3, 0.4) is 0 Å². The minimum absolute atomic E-state index is 0.105. The zero-order valence-corrected chi connectivity index (χ0v) is 9.79. The van der Waals surface area contributed by atoms with Gasteiger partial charge in [0.1, 0.15) is 5.54 Å². The molecule has 0 aromatic carbocycles. The maximum atomic E-state index is 10.9. The summed E-state index contributed by atoms with van der Waals surface area (Å²) >= 11 is 1.65. The van der Waals surface area contributed by atoms with E-state index in [-0.39, 0.29) is 4.75 Å². The van der Waals surface area contributed by atoms with E-state index in [4.69, 9.17) is 5.11 Å². The molecule has 0 saturated carbocycles. The first-order chi connectivity index (χ1) is 5.71. The van der Waals surface area contributed by atoms with Gasteiger partial charge in [-0.3, -0.25) is 4.79 Å². The maximum absolute atomic E-state index is 10.9. The molecule has 0 amide bonds. The lowest BCUT2D eigenvalue weighted by Crippen LogP contribution is -2.50. The van der Waals surface area contributed by atoms with Crippen LogP contribution in [0.4, 0.5) is 0 Å². The Bertz CT molecular complexity index is 189. The molecule has 4 heteroatoms. The topological polar surface area (TPSA) is 49.3 Å². The highest BCUT2D eigenvalue weighted by atomic mass is 32.2. The van der Waals surface area contributed by atoms with E-state index in [9.17, 15) is 4.79 Å². The van der Waals surface area contributed by atoms with Crippen LogP contribution in [-0.2, 0) is 4.79 Å². The molecule has 0 radical (unpaired) electrons. The lowest BCUT2D eigenvalue weighted by molar-refractivity contribution is -0.142. The number of carboxylic acid groups (broad SMARTS) is 1. The van der Waals surface area contributed by atoms with Crippen molar-refractivity contribution in [1.82, 2.24) is 5.32 Å². The second-order valence-corrected chi connectivity index (χ2v) is 6.09. The van der Waals surface area contributed by atoms with E-state index in [0.29, 0.717) is 5.75 Å². The van der Waals surface area contributed by atoms with Crippen LogP contribution in [0.1, 0.15) is 27.7 Å². The molecule has 1 atom stereocenters. The van der Waals surface area contributed by atoms with Crippen molar-refractivity contribution in [3.63, 3.8) is 0 Å². The van der Waals surface area contributed by atoms with Crippen molar-refractivity contribution in [3.8, 4) is 0 Å². The minimum Gasteiger partial charge on any atom is -0.480 e. The molecule has 3 nitrogen and oxygen atoms in total. The van der Waals surface area contributed by atoms with Crippen molar-refractivity contribution >= 4 is 17.7 Å². The van der Waals surface area contributed by atoms with Crippen LogP contribution in [0.2, 0.25) is 0 Å². The summed E-state index contributed by atoms with van der Waals surface area (Å²) < 4.78 is 0.105. The smallest absolute Gasteiger partial charge is 0.324 e. The molecule has 0 fully saturated rings. The Morgan fingerprint density at radius 3 is 2.08 bits per heavy atom. The number of aliphatic carboxylic acids is 1. The Morgan fingerprint density at radius 2 is 1.85 bits per heavy atom. The van der Waals surface area contributed by atoms with Crippen LogP contribution >= 0.6 is 11.8 Å². The Balaban J connectivity index is 4.22. The fourth-order valence-electron chi connectivity index (χ4n) is 0.602. The van der Waals surface area contributed by atoms with Gasteiger partial charge in [-0.2, -0.15) is 11.8 Å². The van der Waals surface area contributed by atoms with E-state index in [1.165, 1.54) is 0 Å².